The second kappa shape index (κ2) is 8.10. The van der Waals surface area contributed by atoms with Crippen molar-refractivity contribution < 1.29 is 33.9 Å². The molecular weight excluding hydrogens is 380 g/mol. The number of hydrogen-bond donors (Lipinski definition) is 2. The SMILES string of the molecule is CC1=[NH+]C(c2ccccc2)(c2ccccc2)c2ccccc2N1.[O-][Cl+3]([O-])([O-])[O-]. The van der Waals surface area contributed by atoms with Crippen LogP contribution in [0, 0.1) is 10.2 Å². The molecule has 1 aliphatic rings. The van der Waals surface area contributed by atoms with Gasteiger partial charge in [0.25, 0.3) is 0 Å². The number of benzene rings is 3. The Hall–Kier alpha value is -2.74. The van der Waals surface area contributed by atoms with Crippen LogP contribution in [0.25, 0.3) is 0 Å². The van der Waals surface area contributed by atoms with Gasteiger partial charge in [-0.05, 0) is 12.1 Å². The lowest BCUT2D eigenvalue weighted by atomic mass is 9.76. The van der Waals surface area contributed by atoms with Gasteiger partial charge in [0, 0.05) is 18.1 Å². The summed E-state index contributed by atoms with van der Waals surface area (Å²) >= 11 is 0. The van der Waals surface area contributed by atoms with Crippen molar-refractivity contribution in [1.29, 1.82) is 0 Å². The van der Waals surface area contributed by atoms with E-state index in [0.29, 0.717) is 0 Å². The Labute approximate surface area is 165 Å². The number of amidine groups is 1. The lowest BCUT2D eigenvalue weighted by Gasteiger charge is -2.33. The highest BCUT2D eigenvalue weighted by Gasteiger charge is 2.43. The molecule has 144 valence electrons. The van der Waals surface area contributed by atoms with Crippen LogP contribution in [0.1, 0.15) is 23.6 Å². The van der Waals surface area contributed by atoms with Gasteiger partial charge in [0.05, 0.1) is 5.56 Å². The molecule has 0 aromatic heterocycles. The molecule has 0 bridgehead atoms. The minimum atomic E-state index is -4.94. The minimum Gasteiger partial charge on any atom is -0.260 e. The fourth-order valence-electron chi connectivity index (χ4n) is 3.50. The molecule has 0 radical (unpaired) electrons. The lowest BCUT2D eigenvalue weighted by Crippen LogP contribution is -2.88. The van der Waals surface area contributed by atoms with E-state index in [1.165, 1.54) is 16.7 Å². The van der Waals surface area contributed by atoms with Crippen LogP contribution in [0.3, 0.4) is 0 Å². The van der Waals surface area contributed by atoms with E-state index in [1.54, 1.807) is 0 Å². The number of hydrogen-bond acceptors (Lipinski definition) is 5. The van der Waals surface area contributed by atoms with E-state index in [0.717, 1.165) is 11.5 Å². The molecule has 0 saturated carbocycles. The van der Waals surface area contributed by atoms with Gasteiger partial charge in [-0.3, -0.25) is 4.99 Å². The van der Waals surface area contributed by atoms with Gasteiger partial charge in [-0.1, -0.05) is 72.8 Å². The van der Waals surface area contributed by atoms with Gasteiger partial charge in [-0.2, -0.15) is 0 Å². The first-order valence-corrected chi connectivity index (χ1v) is 9.75. The smallest absolute Gasteiger partial charge is 0.245 e. The summed E-state index contributed by atoms with van der Waals surface area (Å²) in [6, 6.07) is 29.8. The summed E-state index contributed by atoms with van der Waals surface area (Å²) in [5.74, 6) is 1.05. The Balaban J connectivity index is 0.000000403. The van der Waals surface area contributed by atoms with Crippen molar-refractivity contribution in [3.05, 3.63) is 102 Å². The second-order valence-electron chi connectivity index (χ2n) is 6.28. The van der Waals surface area contributed by atoms with Crippen LogP contribution in [-0.2, 0) is 5.54 Å². The summed E-state index contributed by atoms with van der Waals surface area (Å²) in [4.78, 5) is 3.72. The number of nitrogens with one attached hydrogen (secondary N) is 2. The first-order valence-electron chi connectivity index (χ1n) is 8.52. The van der Waals surface area contributed by atoms with Gasteiger partial charge in [-0.15, -0.1) is 10.2 Å². The van der Waals surface area contributed by atoms with Gasteiger partial charge in [0.1, 0.15) is 5.69 Å². The fraction of sp³-hybridized carbons (Fsp3) is 0.0952. The zero-order valence-corrected chi connectivity index (χ0v) is 15.8. The van der Waals surface area contributed by atoms with Crippen LogP contribution in [0.2, 0.25) is 0 Å². The van der Waals surface area contributed by atoms with Crippen molar-refractivity contribution in [1.82, 2.24) is 0 Å². The van der Waals surface area contributed by atoms with Gasteiger partial charge in [0.2, 0.25) is 5.84 Å². The number of halogens is 1. The van der Waals surface area contributed by atoms with E-state index in [2.05, 4.69) is 102 Å². The number of para-hydroxylation sites is 1. The Morgan fingerprint density at radius 2 is 1.14 bits per heavy atom. The van der Waals surface area contributed by atoms with Gasteiger partial charge >= 0.3 is 0 Å². The molecule has 6 nitrogen and oxygen atoms in total. The maximum Gasteiger partial charge on any atom is 0.245 e. The highest BCUT2D eigenvalue weighted by molar-refractivity contribution is 5.92. The van der Waals surface area contributed by atoms with E-state index in [4.69, 9.17) is 18.6 Å². The maximum absolute atomic E-state index is 8.49. The van der Waals surface area contributed by atoms with E-state index >= 15 is 0 Å². The third kappa shape index (κ3) is 4.39. The summed E-state index contributed by atoms with van der Waals surface area (Å²) in [5.41, 5.74) is 4.48. The summed E-state index contributed by atoms with van der Waals surface area (Å²) in [7, 11) is -4.94. The number of fused-ring (bicyclic) bond motifs is 1. The largest absolute Gasteiger partial charge is 0.260 e. The summed E-state index contributed by atoms with van der Waals surface area (Å²) in [6.07, 6.45) is 0. The molecule has 28 heavy (non-hydrogen) atoms. The molecule has 0 aliphatic carbocycles. The molecule has 3 aromatic carbocycles. The Bertz CT molecular complexity index is 911. The van der Waals surface area contributed by atoms with Crippen molar-refractivity contribution in [3.8, 4) is 0 Å². The highest BCUT2D eigenvalue weighted by atomic mass is 35.7. The molecule has 3 aromatic rings. The molecule has 0 spiro atoms. The van der Waals surface area contributed by atoms with Crippen molar-refractivity contribution in [2.75, 3.05) is 5.32 Å². The molecular formula is C21H19ClN2O4. The first kappa shape index (κ1) is 20.0. The topological polar surface area (TPSA) is 118 Å². The first-order chi connectivity index (χ1) is 13.3. The molecule has 1 aliphatic heterocycles. The van der Waals surface area contributed by atoms with E-state index in [-0.39, 0.29) is 5.54 Å². The second-order valence-corrected chi connectivity index (χ2v) is 7.04. The third-order valence-electron chi connectivity index (χ3n) is 4.44. The molecule has 0 unspecified atom stereocenters. The molecule has 0 atom stereocenters. The van der Waals surface area contributed by atoms with Crippen molar-refractivity contribution in [2.45, 2.75) is 12.5 Å². The number of rotatable bonds is 2. The monoisotopic (exact) mass is 398 g/mol. The van der Waals surface area contributed by atoms with Crippen molar-refractivity contribution in [2.24, 2.45) is 0 Å². The Morgan fingerprint density at radius 1 is 0.714 bits per heavy atom. The zero-order valence-electron chi connectivity index (χ0n) is 15.1. The molecule has 1 heterocycles. The molecule has 0 amide bonds. The molecule has 0 fully saturated rings. The maximum atomic E-state index is 8.49. The van der Waals surface area contributed by atoms with E-state index in [9.17, 15) is 0 Å². The van der Waals surface area contributed by atoms with Crippen LogP contribution >= 0.6 is 0 Å². The molecule has 7 heteroatoms. The zero-order chi connectivity index (χ0) is 20.2. The normalized spacial score (nSPS) is 14.7. The lowest BCUT2D eigenvalue weighted by molar-refractivity contribution is -2.00. The summed E-state index contributed by atoms with van der Waals surface area (Å²) in [5, 5.41) is 3.46. The predicted octanol–water partition coefficient (Wildman–Crippen LogP) is -1.85. The molecule has 4 rings (SSSR count). The third-order valence-corrected chi connectivity index (χ3v) is 4.44. The van der Waals surface area contributed by atoms with Crippen LogP contribution in [0.4, 0.5) is 5.69 Å². The Kier molecular flexibility index (Phi) is 5.79. The van der Waals surface area contributed by atoms with Gasteiger partial charge in [0.15, 0.2) is 5.54 Å². The van der Waals surface area contributed by atoms with Crippen LogP contribution in [0.5, 0.6) is 0 Å². The minimum absolute atomic E-state index is 0.381. The van der Waals surface area contributed by atoms with Crippen LogP contribution in [-0.4, -0.2) is 5.84 Å². The average molecular weight is 399 g/mol. The average Bonchev–Trinajstić information content (AvgIpc) is 2.67. The van der Waals surface area contributed by atoms with Gasteiger partial charge < -0.3 is 0 Å². The summed E-state index contributed by atoms with van der Waals surface area (Å²) < 4.78 is 34.0. The van der Waals surface area contributed by atoms with Crippen molar-refractivity contribution >= 4 is 11.5 Å². The van der Waals surface area contributed by atoms with Crippen LogP contribution < -0.4 is 28.9 Å². The molecule has 2 N–H and O–H groups in total. The standard InChI is InChI=1S/C21H18N2.ClHO4/c1-16-22-20-15-9-8-14-19(20)21(23-16,17-10-4-2-5-11-17)18-12-6-3-7-13-18;2-1(3,4)5/h2-15H,1H3,(H,22,23);(H,2,3,4,5). The van der Waals surface area contributed by atoms with Gasteiger partial charge in [-0.25, -0.2) is 24.0 Å². The fourth-order valence-corrected chi connectivity index (χ4v) is 3.50. The Morgan fingerprint density at radius 3 is 1.64 bits per heavy atom. The van der Waals surface area contributed by atoms with E-state index < -0.39 is 10.2 Å². The van der Waals surface area contributed by atoms with E-state index in [1.807, 2.05) is 0 Å². The quantitative estimate of drug-likeness (QED) is 0.525. The van der Waals surface area contributed by atoms with Crippen LogP contribution in [0.15, 0.2) is 84.9 Å². The highest BCUT2D eigenvalue weighted by Crippen LogP contribution is 2.37. The van der Waals surface area contributed by atoms with Crippen molar-refractivity contribution in [3.63, 3.8) is 0 Å². The predicted molar refractivity (Wildman–Crippen MR) is 94.5 cm³/mol. The number of anilines is 1. The molecule has 0 saturated heterocycles. The summed E-state index contributed by atoms with van der Waals surface area (Å²) in [6.45, 7) is 2.08.